The van der Waals surface area contributed by atoms with Crippen LogP contribution in [0.15, 0.2) is 12.3 Å². The molecule has 0 aromatic carbocycles. The lowest BCUT2D eigenvalue weighted by Gasteiger charge is -2.48. The van der Waals surface area contributed by atoms with E-state index in [2.05, 4.69) is 42.2 Å². The van der Waals surface area contributed by atoms with Gasteiger partial charge in [-0.15, -0.1) is 0 Å². The van der Waals surface area contributed by atoms with Crippen molar-refractivity contribution in [2.45, 2.75) is 51.6 Å². The Bertz CT molecular complexity index is 401. The average Bonchev–Trinajstić information content (AvgIpc) is 2.83. The Labute approximate surface area is 117 Å². The molecule has 4 heteroatoms. The monoisotopic (exact) mass is 264 g/mol. The fourth-order valence-corrected chi connectivity index (χ4v) is 2.91. The van der Waals surface area contributed by atoms with Crippen LogP contribution in [0.3, 0.4) is 0 Å². The molecule has 2 atom stereocenters. The molecule has 1 aliphatic heterocycles. The molecular weight excluding hydrogens is 236 g/mol. The maximum Gasteiger partial charge on any atom is 0.0492 e. The standard InChI is InChI=1S/C15H28N4/c1-5-13-11-19(15(3,6-2)12-16-13)10-8-14-7-9-17-18(14)4/h7,9,13,16H,5-6,8,10-12H2,1-4H3. The predicted molar refractivity (Wildman–Crippen MR) is 79.3 cm³/mol. The first-order valence-electron chi connectivity index (χ1n) is 7.54. The lowest BCUT2D eigenvalue weighted by atomic mass is 9.91. The lowest BCUT2D eigenvalue weighted by Crippen LogP contribution is -2.63. The third-order valence-electron chi connectivity index (χ3n) is 4.79. The van der Waals surface area contributed by atoms with Crippen molar-refractivity contribution in [1.29, 1.82) is 0 Å². The number of hydrogen-bond donors (Lipinski definition) is 1. The molecule has 2 unspecified atom stereocenters. The molecule has 0 saturated carbocycles. The van der Waals surface area contributed by atoms with Gasteiger partial charge >= 0.3 is 0 Å². The van der Waals surface area contributed by atoms with Crippen LogP contribution in [0.25, 0.3) is 0 Å². The molecule has 2 heterocycles. The quantitative estimate of drug-likeness (QED) is 0.880. The molecule has 4 nitrogen and oxygen atoms in total. The number of aryl methyl sites for hydroxylation is 1. The zero-order valence-corrected chi connectivity index (χ0v) is 12.8. The highest BCUT2D eigenvalue weighted by Crippen LogP contribution is 2.23. The molecule has 1 N–H and O–H groups in total. The van der Waals surface area contributed by atoms with Crippen molar-refractivity contribution in [3.8, 4) is 0 Å². The third kappa shape index (κ3) is 3.18. The lowest BCUT2D eigenvalue weighted by molar-refractivity contribution is 0.0488. The fourth-order valence-electron chi connectivity index (χ4n) is 2.91. The smallest absolute Gasteiger partial charge is 0.0492 e. The molecular formula is C15H28N4. The molecule has 1 fully saturated rings. The average molecular weight is 264 g/mol. The number of rotatable bonds is 5. The zero-order chi connectivity index (χ0) is 13.9. The van der Waals surface area contributed by atoms with E-state index in [0.29, 0.717) is 11.6 Å². The summed E-state index contributed by atoms with van der Waals surface area (Å²) in [5.41, 5.74) is 1.62. The van der Waals surface area contributed by atoms with Gasteiger partial charge in [-0.2, -0.15) is 5.10 Å². The van der Waals surface area contributed by atoms with Crippen LogP contribution >= 0.6 is 0 Å². The Morgan fingerprint density at radius 1 is 1.47 bits per heavy atom. The highest BCUT2D eigenvalue weighted by Gasteiger charge is 2.35. The summed E-state index contributed by atoms with van der Waals surface area (Å²) in [6, 6.07) is 2.77. The second-order valence-corrected chi connectivity index (χ2v) is 5.98. The highest BCUT2D eigenvalue weighted by atomic mass is 15.3. The van der Waals surface area contributed by atoms with Gasteiger partial charge in [0.1, 0.15) is 0 Å². The molecule has 1 aromatic rings. The normalized spacial score (nSPS) is 28.7. The van der Waals surface area contributed by atoms with Crippen molar-refractivity contribution in [2.75, 3.05) is 19.6 Å². The number of nitrogens with zero attached hydrogens (tertiary/aromatic N) is 3. The molecule has 0 radical (unpaired) electrons. The van der Waals surface area contributed by atoms with Gasteiger partial charge in [-0.3, -0.25) is 9.58 Å². The maximum absolute atomic E-state index is 4.25. The van der Waals surface area contributed by atoms with Gasteiger partial charge in [0.2, 0.25) is 0 Å². The van der Waals surface area contributed by atoms with Crippen LogP contribution < -0.4 is 5.32 Å². The van der Waals surface area contributed by atoms with E-state index in [-0.39, 0.29) is 0 Å². The van der Waals surface area contributed by atoms with Crippen molar-refractivity contribution < 1.29 is 0 Å². The first kappa shape index (κ1) is 14.5. The number of nitrogens with one attached hydrogen (secondary N) is 1. The van der Waals surface area contributed by atoms with Gasteiger partial charge in [0.05, 0.1) is 0 Å². The summed E-state index contributed by atoms with van der Waals surface area (Å²) in [6.07, 6.45) is 5.38. The Kier molecular flexibility index (Phi) is 4.63. The van der Waals surface area contributed by atoms with Crippen molar-refractivity contribution in [1.82, 2.24) is 20.0 Å². The molecule has 0 spiro atoms. The van der Waals surface area contributed by atoms with E-state index >= 15 is 0 Å². The second-order valence-electron chi connectivity index (χ2n) is 5.98. The van der Waals surface area contributed by atoms with Gasteiger partial charge in [-0.1, -0.05) is 13.8 Å². The van der Waals surface area contributed by atoms with Crippen LogP contribution in [-0.4, -0.2) is 45.9 Å². The third-order valence-corrected chi connectivity index (χ3v) is 4.79. The van der Waals surface area contributed by atoms with E-state index in [0.717, 1.165) is 19.5 Å². The zero-order valence-electron chi connectivity index (χ0n) is 12.8. The SMILES string of the molecule is CCC1CN(CCc2ccnn2C)C(C)(CC)CN1. The van der Waals surface area contributed by atoms with Crippen LogP contribution in [0.2, 0.25) is 0 Å². The summed E-state index contributed by atoms with van der Waals surface area (Å²) in [5.74, 6) is 0. The molecule has 0 aliphatic carbocycles. The van der Waals surface area contributed by atoms with Crippen LogP contribution in [0.4, 0.5) is 0 Å². The Hall–Kier alpha value is -0.870. The summed E-state index contributed by atoms with van der Waals surface area (Å²) >= 11 is 0. The minimum Gasteiger partial charge on any atom is -0.311 e. The number of aromatic nitrogens is 2. The summed E-state index contributed by atoms with van der Waals surface area (Å²) < 4.78 is 1.99. The van der Waals surface area contributed by atoms with E-state index < -0.39 is 0 Å². The summed E-state index contributed by atoms with van der Waals surface area (Å²) in [5, 5.41) is 7.94. The summed E-state index contributed by atoms with van der Waals surface area (Å²) in [6.45, 7) is 10.3. The minimum absolute atomic E-state index is 0.296. The first-order chi connectivity index (χ1) is 9.09. The Morgan fingerprint density at radius 2 is 2.26 bits per heavy atom. The van der Waals surface area contributed by atoms with Gasteiger partial charge in [0, 0.05) is 56.6 Å². The van der Waals surface area contributed by atoms with Crippen molar-refractivity contribution in [2.24, 2.45) is 7.05 Å². The minimum atomic E-state index is 0.296. The molecule has 2 rings (SSSR count). The van der Waals surface area contributed by atoms with E-state index in [1.54, 1.807) is 0 Å². The van der Waals surface area contributed by atoms with Crippen LogP contribution in [0.1, 0.15) is 39.3 Å². The molecule has 1 aliphatic rings. The topological polar surface area (TPSA) is 33.1 Å². The van der Waals surface area contributed by atoms with Gasteiger partial charge in [-0.05, 0) is 25.8 Å². The van der Waals surface area contributed by atoms with Crippen molar-refractivity contribution >= 4 is 0 Å². The van der Waals surface area contributed by atoms with Crippen molar-refractivity contribution in [3.05, 3.63) is 18.0 Å². The van der Waals surface area contributed by atoms with E-state index in [9.17, 15) is 0 Å². The van der Waals surface area contributed by atoms with Crippen LogP contribution in [0.5, 0.6) is 0 Å². The van der Waals surface area contributed by atoms with Crippen LogP contribution in [0, 0.1) is 0 Å². The molecule has 0 amide bonds. The predicted octanol–water partition coefficient (Wildman–Crippen LogP) is 1.82. The first-order valence-corrected chi connectivity index (χ1v) is 7.54. The van der Waals surface area contributed by atoms with Crippen molar-refractivity contribution in [3.63, 3.8) is 0 Å². The summed E-state index contributed by atoms with van der Waals surface area (Å²) in [4.78, 5) is 2.67. The van der Waals surface area contributed by atoms with Gasteiger partial charge < -0.3 is 5.32 Å². The molecule has 0 bridgehead atoms. The van der Waals surface area contributed by atoms with Crippen LogP contribution in [-0.2, 0) is 13.5 Å². The molecule has 19 heavy (non-hydrogen) atoms. The van der Waals surface area contributed by atoms with E-state index in [1.807, 2.05) is 17.9 Å². The summed E-state index contributed by atoms with van der Waals surface area (Å²) in [7, 11) is 2.03. The van der Waals surface area contributed by atoms with E-state index in [4.69, 9.17) is 0 Å². The van der Waals surface area contributed by atoms with Gasteiger partial charge in [-0.25, -0.2) is 0 Å². The van der Waals surface area contributed by atoms with Gasteiger partial charge in [0.15, 0.2) is 0 Å². The number of piperazine rings is 1. The molecule has 108 valence electrons. The van der Waals surface area contributed by atoms with Gasteiger partial charge in [0.25, 0.3) is 0 Å². The fraction of sp³-hybridized carbons (Fsp3) is 0.800. The Morgan fingerprint density at radius 3 is 2.84 bits per heavy atom. The Balaban J connectivity index is 2.00. The highest BCUT2D eigenvalue weighted by molar-refractivity contribution is 5.02. The maximum atomic E-state index is 4.25. The van der Waals surface area contributed by atoms with E-state index in [1.165, 1.54) is 25.1 Å². The second kappa shape index (κ2) is 6.06. The molecule has 1 saturated heterocycles. The number of hydrogen-bond acceptors (Lipinski definition) is 3. The largest absolute Gasteiger partial charge is 0.311 e. The molecule has 1 aromatic heterocycles.